The summed E-state index contributed by atoms with van der Waals surface area (Å²) in [6.07, 6.45) is 4.63. The highest BCUT2D eigenvalue weighted by atomic mass is 16.5. The second kappa shape index (κ2) is 10.5. The van der Waals surface area contributed by atoms with Gasteiger partial charge in [-0.1, -0.05) is 63.1 Å². The van der Waals surface area contributed by atoms with Crippen molar-refractivity contribution in [3.05, 3.63) is 89.5 Å². The van der Waals surface area contributed by atoms with Crippen LogP contribution in [0.1, 0.15) is 65.8 Å². The van der Waals surface area contributed by atoms with E-state index >= 15 is 0 Å². The van der Waals surface area contributed by atoms with Crippen molar-refractivity contribution < 1.29 is 14.3 Å². The monoisotopic (exact) mass is 400 g/mol. The maximum absolute atomic E-state index is 12.4. The third-order valence-corrected chi connectivity index (χ3v) is 5.09. The Morgan fingerprint density at radius 2 is 1.27 bits per heavy atom. The number of benzene rings is 3. The van der Waals surface area contributed by atoms with Gasteiger partial charge in [0.05, 0.1) is 5.56 Å². The Kier molecular flexibility index (Phi) is 7.56. The Bertz CT molecular complexity index is 968. The summed E-state index contributed by atoms with van der Waals surface area (Å²) in [5, 5.41) is 0. The first-order valence-electron chi connectivity index (χ1n) is 10.7. The van der Waals surface area contributed by atoms with Crippen molar-refractivity contribution >= 4 is 11.8 Å². The van der Waals surface area contributed by atoms with Crippen molar-refractivity contribution in [1.82, 2.24) is 0 Å². The molecule has 30 heavy (non-hydrogen) atoms. The number of unbranched alkanes of at least 4 members (excludes halogenated alkanes) is 1. The number of rotatable bonds is 9. The third kappa shape index (κ3) is 5.66. The van der Waals surface area contributed by atoms with Crippen LogP contribution in [0.2, 0.25) is 0 Å². The lowest BCUT2D eigenvalue weighted by molar-refractivity contribution is 0.0734. The molecule has 0 unspecified atom stereocenters. The molecule has 0 saturated carbocycles. The molecule has 0 saturated heterocycles. The molecule has 3 nitrogen and oxygen atoms in total. The Balaban J connectivity index is 1.62. The van der Waals surface area contributed by atoms with E-state index in [0.29, 0.717) is 23.3 Å². The molecule has 0 fully saturated rings. The molecule has 3 heteroatoms. The topological polar surface area (TPSA) is 43.4 Å². The summed E-state index contributed by atoms with van der Waals surface area (Å²) in [5.74, 6) is 0.139. The first-order valence-corrected chi connectivity index (χ1v) is 10.7. The van der Waals surface area contributed by atoms with Crippen LogP contribution in [-0.4, -0.2) is 11.8 Å². The van der Waals surface area contributed by atoms with Crippen molar-refractivity contribution in [2.24, 2.45) is 0 Å². The molecule has 0 aliphatic heterocycles. The molecule has 0 heterocycles. The highest BCUT2D eigenvalue weighted by Gasteiger charge is 2.10. The van der Waals surface area contributed by atoms with Crippen molar-refractivity contribution in [3.8, 4) is 16.9 Å². The lowest BCUT2D eigenvalue weighted by Gasteiger charge is -2.07. The van der Waals surface area contributed by atoms with Crippen LogP contribution in [0.3, 0.4) is 0 Å². The van der Waals surface area contributed by atoms with Gasteiger partial charge in [0.25, 0.3) is 0 Å². The lowest BCUT2D eigenvalue weighted by atomic mass is 10.0. The molecule has 0 bridgehead atoms. The van der Waals surface area contributed by atoms with E-state index in [4.69, 9.17) is 4.74 Å². The summed E-state index contributed by atoms with van der Waals surface area (Å²) in [4.78, 5) is 24.5. The zero-order chi connectivity index (χ0) is 21.3. The fourth-order valence-electron chi connectivity index (χ4n) is 3.31. The Hall–Kier alpha value is -3.20. The van der Waals surface area contributed by atoms with Gasteiger partial charge in [-0.2, -0.15) is 0 Å². The predicted molar refractivity (Wildman–Crippen MR) is 121 cm³/mol. The maximum atomic E-state index is 12.4. The maximum Gasteiger partial charge on any atom is 0.343 e. The fraction of sp³-hybridized carbons (Fsp3) is 0.259. The van der Waals surface area contributed by atoms with Crippen LogP contribution in [0.15, 0.2) is 72.8 Å². The number of aryl methyl sites for hydroxylation is 1. The summed E-state index contributed by atoms with van der Waals surface area (Å²) in [5.41, 5.74) is 4.66. The summed E-state index contributed by atoms with van der Waals surface area (Å²) >= 11 is 0. The molecule has 0 spiro atoms. The van der Waals surface area contributed by atoms with Crippen LogP contribution in [0.5, 0.6) is 5.75 Å². The van der Waals surface area contributed by atoms with Crippen LogP contribution in [-0.2, 0) is 6.42 Å². The minimum absolute atomic E-state index is 0.119. The molecule has 154 valence electrons. The normalized spacial score (nSPS) is 10.6. The van der Waals surface area contributed by atoms with Crippen molar-refractivity contribution in [2.45, 2.75) is 46.0 Å². The van der Waals surface area contributed by atoms with Crippen LogP contribution in [0, 0.1) is 0 Å². The van der Waals surface area contributed by atoms with Gasteiger partial charge >= 0.3 is 5.97 Å². The zero-order valence-electron chi connectivity index (χ0n) is 17.7. The van der Waals surface area contributed by atoms with Crippen LogP contribution < -0.4 is 4.74 Å². The molecule has 0 N–H and O–H groups in total. The van der Waals surface area contributed by atoms with E-state index in [1.165, 1.54) is 5.56 Å². The Morgan fingerprint density at radius 3 is 1.83 bits per heavy atom. The van der Waals surface area contributed by atoms with Gasteiger partial charge in [0.1, 0.15) is 5.75 Å². The summed E-state index contributed by atoms with van der Waals surface area (Å²) in [6.45, 7) is 4.23. The van der Waals surface area contributed by atoms with E-state index in [9.17, 15) is 9.59 Å². The Morgan fingerprint density at radius 1 is 0.700 bits per heavy atom. The molecule has 0 aliphatic rings. The predicted octanol–water partition coefficient (Wildman–Crippen LogP) is 6.90. The highest BCUT2D eigenvalue weighted by Crippen LogP contribution is 2.22. The second-order valence-corrected chi connectivity index (χ2v) is 7.46. The highest BCUT2D eigenvalue weighted by molar-refractivity contribution is 5.96. The van der Waals surface area contributed by atoms with Gasteiger partial charge in [-0.15, -0.1) is 0 Å². The van der Waals surface area contributed by atoms with E-state index < -0.39 is 5.97 Å². The lowest BCUT2D eigenvalue weighted by Crippen LogP contribution is -2.08. The molecular weight excluding hydrogens is 372 g/mol. The number of carbonyl (C=O) groups is 2. The number of Topliss-reactive ketones (excluding diaryl/α,β-unsaturated/α-hetero) is 1. The smallest absolute Gasteiger partial charge is 0.343 e. The summed E-state index contributed by atoms with van der Waals surface area (Å²) in [7, 11) is 0. The average Bonchev–Trinajstić information content (AvgIpc) is 2.79. The minimum Gasteiger partial charge on any atom is -0.423 e. The molecule has 3 aromatic carbocycles. The summed E-state index contributed by atoms with van der Waals surface area (Å²) < 4.78 is 5.45. The largest absolute Gasteiger partial charge is 0.423 e. The quantitative estimate of drug-likeness (QED) is 0.223. The van der Waals surface area contributed by atoms with E-state index in [1.807, 2.05) is 12.1 Å². The van der Waals surface area contributed by atoms with Gasteiger partial charge in [0.2, 0.25) is 0 Å². The molecule has 0 aliphatic carbocycles. The standard InChI is InChI=1S/C27H28O3/c1-3-5-7-26(28)23-16-18-25(19-17-23)30-27(29)24-14-12-22(13-15-24)21-10-8-20(6-4-2)9-11-21/h8-19H,3-7H2,1-2H3. The number of hydrogen-bond acceptors (Lipinski definition) is 3. The molecule has 0 atom stereocenters. The molecule has 0 radical (unpaired) electrons. The van der Waals surface area contributed by atoms with Crippen LogP contribution in [0.4, 0.5) is 0 Å². The minimum atomic E-state index is -0.412. The number of carbonyl (C=O) groups excluding carboxylic acids is 2. The molecular formula is C27H28O3. The number of ether oxygens (including phenoxy) is 1. The zero-order valence-corrected chi connectivity index (χ0v) is 17.7. The Labute approximate surface area is 178 Å². The number of hydrogen-bond donors (Lipinski definition) is 0. The van der Waals surface area contributed by atoms with Gasteiger partial charge in [0, 0.05) is 12.0 Å². The van der Waals surface area contributed by atoms with Crippen LogP contribution in [0.25, 0.3) is 11.1 Å². The van der Waals surface area contributed by atoms with E-state index in [-0.39, 0.29) is 5.78 Å². The van der Waals surface area contributed by atoms with Gasteiger partial charge in [-0.3, -0.25) is 4.79 Å². The summed E-state index contributed by atoms with van der Waals surface area (Å²) in [6, 6.07) is 22.7. The van der Waals surface area contributed by atoms with Crippen LogP contribution >= 0.6 is 0 Å². The van der Waals surface area contributed by atoms with Gasteiger partial charge < -0.3 is 4.74 Å². The number of esters is 1. The van der Waals surface area contributed by atoms with Gasteiger partial charge in [-0.05, 0) is 65.9 Å². The number of ketones is 1. The van der Waals surface area contributed by atoms with Crippen molar-refractivity contribution in [1.29, 1.82) is 0 Å². The first-order chi connectivity index (χ1) is 14.6. The third-order valence-electron chi connectivity index (χ3n) is 5.09. The van der Waals surface area contributed by atoms with E-state index in [2.05, 4.69) is 38.1 Å². The molecule has 3 aromatic rings. The second-order valence-electron chi connectivity index (χ2n) is 7.46. The average molecular weight is 401 g/mol. The van der Waals surface area contributed by atoms with Gasteiger partial charge in [0.15, 0.2) is 5.78 Å². The molecule has 0 aromatic heterocycles. The SMILES string of the molecule is CCCCC(=O)c1ccc(OC(=O)c2ccc(-c3ccc(CCC)cc3)cc2)cc1. The first kappa shape index (κ1) is 21.5. The van der Waals surface area contributed by atoms with Crippen molar-refractivity contribution in [2.75, 3.05) is 0 Å². The van der Waals surface area contributed by atoms with E-state index in [0.717, 1.165) is 36.8 Å². The van der Waals surface area contributed by atoms with Crippen molar-refractivity contribution in [3.63, 3.8) is 0 Å². The van der Waals surface area contributed by atoms with Gasteiger partial charge in [-0.25, -0.2) is 4.79 Å². The molecule has 3 rings (SSSR count). The molecule has 0 amide bonds. The fourth-order valence-corrected chi connectivity index (χ4v) is 3.31. The van der Waals surface area contributed by atoms with E-state index in [1.54, 1.807) is 36.4 Å².